The highest BCUT2D eigenvalue weighted by Gasteiger charge is 2.24. The number of hydrogen-bond acceptors (Lipinski definition) is 5. The van der Waals surface area contributed by atoms with Gasteiger partial charge in [-0.05, 0) is 77.9 Å². The summed E-state index contributed by atoms with van der Waals surface area (Å²) in [6.45, 7) is 4.89. The van der Waals surface area contributed by atoms with Gasteiger partial charge in [0.15, 0.2) is 5.69 Å². The number of pyridine rings is 2. The maximum Gasteiger partial charge on any atom is 0.356 e. The molecule has 0 amide bonds. The Balaban J connectivity index is 1.60. The van der Waals surface area contributed by atoms with Crippen molar-refractivity contribution in [2.24, 2.45) is 7.05 Å². The Morgan fingerprint density at radius 1 is 1.11 bits per heavy atom. The predicted molar refractivity (Wildman–Crippen MR) is 138 cm³/mol. The van der Waals surface area contributed by atoms with E-state index in [9.17, 15) is 19.1 Å². The number of aryl methyl sites for hydroxylation is 1. The molecule has 3 heterocycles. The van der Waals surface area contributed by atoms with Crippen molar-refractivity contribution in [1.29, 1.82) is 0 Å². The van der Waals surface area contributed by atoms with Crippen LogP contribution >= 0.6 is 11.6 Å². The number of nitrogens with zero attached hydrogens (tertiary/aromatic N) is 3. The SMILES string of the molecule is Cc1cc([C@@H](C)Nc2ccc(Cl)nc2C(=O)O)c2cc(N3Cc4ccc(F)cc4C3)n(C)c(=O)c2c1. The minimum atomic E-state index is -1.19. The normalized spacial score (nSPS) is 13.6. The Morgan fingerprint density at radius 3 is 2.61 bits per heavy atom. The molecule has 1 aliphatic rings. The Bertz CT molecular complexity index is 1600. The number of hydrogen-bond donors (Lipinski definition) is 2. The fourth-order valence-electron chi connectivity index (χ4n) is 4.89. The number of aromatic nitrogens is 2. The largest absolute Gasteiger partial charge is 0.476 e. The van der Waals surface area contributed by atoms with E-state index >= 15 is 0 Å². The van der Waals surface area contributed by atoms with Gasteiger partial charge in [-0.2, -0.15) is 0 Å². The van der Waals surface area contributed by atoms with Gasteiger partial charge in [0.25, 0.3) is 5.56 Å². The van der Waals surface area contributed by atoms with Crippen LogP contribution in [0.5, 0.6) is 0 Å². The van der Waals surface area contributed by atoms with Crippen LogP contribution in [0.3, 0.4) is 0 Å². The summed E-state index contributed by atoms with van der Waals surface area (Å²) < 4.78 is 15.4. The first-order chi connectivity index (χ1) is 17.1. The molecule has 0 fully saturated rings. The molecule has 0 spiro atoms. The predicted octanol–water partition coefficient (Wildman–Crippen LogP) is 5.43. The summed E-state index contributed by atoms with van der Waals surface area (Å²) >= 11 is 5.90. The van der Waals surface area contributed by atoms with E-state index in [-0.39, 0.29) is 28.3 Å². The third-order valence-corrected chi connectivity index (χ3v) is 6.84. The van der Waals surface area contributed by atoms with Gasteiger partial charge in [0.05, 0.1) is 5.69 Å². The molecule has 0 aliphatic carbocycles. The van der Waals surface area contributed by atoms with Crippen molar-refractivity contribution in [2.75, 3.05) is 10.2 Å². The molecule has 5 rings (SSSR count). The van der Waals surface area contributed by atoms with Gasteiger partial charge in [0.2, 0.25) is 0 Å². The zero-order valence-electron chi connectivity index (χ0n) is 20.0. The fraction of sp³-hybridized carbons (Fsp3) is 0.222. The van der Waals surface area contributed by atoms with E-state index in [1.54, 1.807) is 23.7 Å². The van der Waals surface area contributed by atoms with E-state index in [4.69, 9.17) is 11.6 Å². The van der Waals surface area contributed by atoms with Crippen molar-refractivity contribution < 1.29 is 14.3 Å². The van der Waals surface area contributed by atoms with Crippen molar-refractivity contribution >= 4 is 39.8 Å². The third-order valence-electron chi connectivity index (χ3n) is 6.63. The molecule has 9 heteroatoms. The summed E-state index contributed by atoms with van der Waals surface area (Å²) in [6, 6.07) is 13.4. The number of carbonyl (C=O) groups is 1. The number of anilines is 2. The van der Waals surface area contributed by atoms with E-state index in [0.29, 0.717) is 24.2 Å². The second-order valence-electron chi connectivity index (χ2n) is 9.15. The van der Waals surface area contributed by atoms with Gasteiger partial charge >= 0.3 is 5.97 Å². The highest BCUT2D eigenvalue weighted by atomic mass is 35.5. The van der Waals surface area contributed by atoms with Gasteiger partial charge in [-0.1, -0.05) is 23.7 Å². The molecule has 2 aromatic heterocycles. The summed E-state index contributed by atoms with van der Waals surface area (Å²) in [5.41, 5.74) is 3.70. The topological polar surface area (TPSA) is 87.5 Å². The zero-order valence-corrected chi connectivity index (χ0v) is 20.7. The molecule has 0 unspecified atom stereocenters. The smallest absolute Gasteiger partial charge is 0.356 e. The van der Waals surface area contributed by atoms with Crippen LogP contribution in [0, 0.1) is 12.7 Å². The van der Waals surface area contributed by atoms with Gasteiger partial charge in [-0.25, -0.2) is 14.2 Å². The molecular formula is C27H24ClFN4O3. The first-order valence-corrected chi connectivity index (χ1v) is 11.8. The lowest BCUT2D eigenvalue weighted by atomic mass is 9.97. The monoisotopic (exact) mass is 506 g/mol. The van der Waals surface area contributed by atoms with Crippen LogP contribution in [0.1, 0.15) is 45.7 Å². The quantitative estimate of drug-likeness (QED) is 0.351. The van der Waals surface area contributed by atoms with Gasteiger partial charge < -0.3 is 15.3 Å². The molecule has 0 saturated carbocycles. The molecule has 36 heavy (non-hydrogen) atoms. The molecule has 2 aromatic carbocycles. The molecule has 1 atom stereocenters. The van der Waals surface area contributed by atoms with Gasteiger partial charge in [-0.15, -0.1) is 0 Å². The van der Waals surface area contributed by atoms with Crippen LogP contribution in [-0.4, -0.2) is 20.6 Å². The average molecular weight is 507 g/mol. The lowest BCUT2D eigenvalue weighted by molar-refractivity contribution is 0.0691. The van der Waals surface area contributed by atoms with Crippen molar-refractivity contribution in [3.63, 3.8) is 0 Å². The first-order valence-electron chi connectivity index (χ1n) is 11.5. The second-order valence-corrected chi connectivity index (χ2v) is 9.54. The molecule has 2 N–H and O–H groups in total. The Kier molecular flexibility index (Phi) is 5.92. The van der Waals surface area contributed by atoms with Crippen LogP contribution in [0.2, 0.25) is 5.15 Å². The lowest BCUT2D eigenvalue weighted by Crippen LogP contribution is -2.27. The third kappa shape index (κ3) is 4.18. The van der Waals surface area contributed by atoms with Crippen molar-refractivity contribution in [3.8, 4) is 0 Å². The number of fused-ring (bicyclic) bond motifs is 2. The zero-order chi connectivity index (χ0) is 25.7. The highest BCUT2D eigenvalue weighted by molar-refractivity contribution is 6.29. The van der Waals surface area contributed by atoms with Crippen molar-refractivity contribution in [3.05, 3.63) is 97.8 Å². The van der Waals surface area contributed by atoms with Crippen LogP contribution in [0.15, 0.2) is 53.3 Å². The fourth-order valence-corrected chi connectivity index (χ4v) is 5.03. The number of rotatable bonds is 5. The Labute approximate surface area is 211 Å². The first kappa shape index (κ1) is 23.8. The Morgan fingerprint density at radius 2 is 1.86 bits per heavy atom. The molecule has 0 radical (unpaired) electrons. The highest BCUT2D eigenvalue weighted by Crippen LogP contribution is 2.33. The number of benzene rings is 2. The van der Waals surface area contributed by atoms with Crippen LogP contribution in [0.4, 0.5) is 15.9 Å². The minimum absolute atomic E-state index is 0.0891. The molecule has 4 aromatic rings. The molecule has 1 aliphatic heterocycles. The standard InChI is InChI=1S/C27H24ClFN4O3/c1-14-8-19(15(2)30-22-6-7-23(28)31-25(22)27(35)36)20-11-24(32(3)26(34)21(20)9-14)33-12-16-4-5-18(29)10-17(16)13-33/h4-11,15,30H,12-13H2,1-3H3,(H,35,36)/t15-/m1/s1. The number of carboxylic acid groups (broad SMARTS) is 1. The number of carboxylic acids is 1. The van der Waals surface area contributed by atoms with E-state index < -0.39 is 5.97 Å². The van der Waals surface area contributed by atoms with Crippen molar-refractivity contribution in [2.45, 2.75) is 33.0 Å². The maximum absolute atomic E-state index is 13.8. The number of halogens is 2. The number of nitrogens with one attached hydrogen (secondary N) is 1. The second kappa shape index (κ2) is 8.95. The lowest BCUT2D eigenvalue weighted by Gasteiger charge is -2.24. The van der Waals surface area contributed by atoms with E-state index in [2.05, 4.69) is 15.2 Å². The summed E-state index contributed by atoms with van der Waals surface area (Å²) in [6.07, 6.45) is 0. The number of aromatic carboxylic acids is 1. The van der Waals surface area contributed by atoms with Gasteiger partial charge in [0.1, 0.15) is 16.8 Å². The molecule has 184 valence electrons. The molecule has 0 bridgehead atoms. The molecule has 7 nitrogen and oxygen atoms in total. The average Bonchev–Trinajstić information content (AvgIpc) is 3.25. The van der Waals surface area contributed by atoms with Gasteiger partial charge in [0, 0.05) is 31.6 Å². The summed E-state index contributed by atoms with van der Waals surface area (Å²) in [7, 11) is 1.74. The molecular weight excluding hydrogens is 483 g/mol. The van der Waals surface area contributed by atoms with Gasteiger partial charge in [-0.3, -0.25) is 9.36 Å². The van der Waals surface area contributed by atoms with Crippen molar-refractivity contribution in [1.82, 2.24) is 9.55 Å². The minimum Gasteiger partial charge on any atom is -0.476 e. The van der Waals surface area contributed by atoms with Crippen LogP contribution < -0.4 is 15.8 Å². The van der Waals surface area contributed by atoms with E-state index in [0.717, 1.165) is 33.5 Å². The molecule has 0 saturated heterocycles. The van der Waals surface area contributed by atoms with E-state index in [1.807, 2.05) is 32.0 Å². The van der Waals surface area contributed by atoms with Crippen LogP contribution in [-0.2, 0) is 20.1 Å². The summed E-state index contributed by atoms with van der Waals surface area (Å²) in [5, 5.41) is 14.2. The summed E-state index contributed by atoms with van der Waals surface area (Å²) in [5.74, 6) is -0.749. The maximum atomic E-state index is 13.8. The van der Waals surface area contributed by atoms with E-state index in [1.165, 1.54) is 18.2 Å². The summed E-state index contributed by atoms with van der Waals surface area (Å²) in [4.78, 5) is 31.2. The Hall–Kier alpha value is -3.91. The van der Waals surface area contributed by atoms with Crippen LogP contribution in [0.25, 0.3) is 10.8 Å².